The van der Waals surface area contributed by atoms with Crippen LogP contribution in [-0.4, -0.2) is 37.7 Å². The van der Waals surface area contributed by atoms with Crippen LogP contribution in [-0.2, 0) is 16.4 Å². The summed E-state index contributed by atoms with van der Waals surface area (Å²) in [6.07, 6.45) is 1.11. The highest BCUT2D eigenvalue weighted by atomic mass is 35.5. The van der Waals surface area contributed by atoms with Crippen LogP contribution < -0.4 is 10.6 Å². The SMILES string of the molecule is Cl.O=S(=O)(c1cccc2ccccc12)c1n[nH]c2ccc(CN[C@H]3CCNC3)cc12. The molecule has 0 spiro atoms. The van der Waals surface area contributed by atoms with E-state index in [4.69, 9.17) is 0 Å². The van der Waals surface area contributed by atoms with Crippen LogP contribution in [0, 0.1) is 0 Å². The van der Waals surface area contributed by atoms with E-state index >= 15 is 0 Å². The molecule has 2 heterocycles. The van der Waals surface area contributed by atoms with Gasteiger partial charge in [-0.1, -0.05) is 42.5 Å². The van der Waals surface area contributed by atoms with Crippen molar-refractivity contribution in [1.82, 2.24) is 20.8 Å². The highest BCUT2D eigenvalue weighted by molar-refractivity contribution is 7.91. The first-order valence-electron chi connectivity index (χ1n) is 9.77. The van der Waals surface area contributed by atoms with Crippen molar-refractivity contribution in [1.29, 1.82) is 0 Å². The van der Waals surface area contributed by atoms with Crippen molar-refractivity contribution in [2.24, 2.45) is 0 Å². The van der Waals surface area contributed by atoms with Crippen molar-refractivity contribution in [2.75, 3.05) is 13.1 Å². The van der Waals surface area contributed by atoms with Crippen LogP contribution >= 0.6 is 12.4 Å². The van der Waals surface area contributed by atoms with Crippen LogP contribution in [0.5, 0.6) is 0 Å². The number of benzene rings is 3. The maximum atomic E-state index is 13.5. The normalized spacial score (nSPS) is 16.7. The second-order valence-electron chi connectivity index (χ2n) is 7.46. The molecule has 8 heteroatoms. The molecule has 1 fully saturated rings. The van der Waals surface area contributed by atoms with E-state index in [0.717, 1.165) is 36.0 Å². The van der Waals surface area contributed by atoms with E-state index in [0.29, 0.717) is 23.4 Å². The van der Waals surface area contributed by atoms with Gasteiger partial charge in [-0.05, 0) is 42.1 Å². The number of sulfone groups is 1. The summed E-state index contributed by atoms with van der Waals surface area (Å²) < 4.78 is 27.0. The number of hydrogen-bond acceptors (Lipinski definition) is 5. The van der Waals surface area contributed by atoms with Gasteiger partial charge < -0.3 is 10.6 Å². The van der Waals surface area contributed by atoms with Crippen LogP contribution in [0.1, 0.15) is 12.0 Å². The molecule has 3 N–H and O–H groups in total. The molecule has 0 radical (unpaired) electrons. The van der Waals surface area contributed by atoms with E-state index in [9.17, 15) is 8.42 Å². The molecule has 30 heavy (non-hydrogen) atoms. The number of rotatable bonds is 5. The van der Waals surface area contributed by atoms with E-state index in [1.807, 2.05) is 48.5 Å². The van der Waals surface area contributed by atoms with Gasteiger partial charge in [0.1, 0.15) is 0 Å². The number of nitrogens with one attached hydrogen (secondary N) is 3. The first-order chi connectivity index (χ1) is 14.1. The predicted molar refractivity (Wildman–Crippen MR) is 121 cm³/mol. The minimum Gasteiger partial charge on any atom is -0.315 e. The number of H-pyrrole nitrogens is 1. The molecule has 1 aliphatic rings. The monoisotopic (exact) mass is 442 g/mol. The summed E-state index contributed by atoms with van der Waals surface area (Å²) in [5.74, 6) is 0. The number of aromatic amines is 1. The van der Waals surface area contributed by atoms with Crippen molar-refractivity contribution < 1.29 is 8.42 Å². The molecule has 0 bridgehead atoms. The van der Waals surface area contributed by atoms with E-state index < -0.39 is 9.84 Å². The molecule has 1 aliphatic heterocycles. The lowest BCUT2D eigenvalue weighted by molar-refractivity contribution is 0.547. The Balaban J connectivity index is 0.00000218. The third kappa shape index (κ3) is 3.70. The molecule has 0 amide bonds. The smallest absolute Gasteiger partial charge is 0.226 e. The van der Waals surface area contributed by atoms with Crippen LogP contribution in [0.4, 0.5) is 0 Å². The van der Waals surface area contributed by atoms with Gasteiger partial charge in [0.25, 0.3) is 0 Å². The van der Waals surface area contributed by atoms with Gasteiger partial charge in [-0.25, -0.2) is 8.42 Å². The van der Waals surface area contributed by atoms with Gasteiger partial charge in [0, 0.05) is 29.9 Å². The first-order valence-corrected chi connectivity index (χ1v) is 11.3. The van der Waals surface area contributed by atoms with Crippen molar-refractivity contribution in [3.05, 3.63) is 66.2 Å². The zero-order valence-corrected chi connectivity index (χ0v) is 17.9. The molecule has 1 aromatic heterocycles. The molecular formula is C22H23ClN4O2S. The zero-order chi connectivity index (χ0) is 19.8. The number of aromatic nitrogens is 2. The minimum absolute atomic E-state index is 0. The van der Waals surface area contributed by atoms with Gasteiger partial charge in [-0.2, -0.15) is 5.10 Å². The van der Waals surface area contributed by atoms with Crippen LogP contribution in [0.2, 0.25) is 0 Å². The van der Waals surface area contributed by atoms with Gasteiger partial charge in [-0.3, -0.25) is 5.10 Å². The Morgan fingerprint density at radius 3 is 2.70 bits per heavy atom. The Hall–Kier alpha value is -2.45. The summed E-state index contributed by atoms with van der Waals surface area (Å²) in [7, 11) is -3.77. The number of halogens is 1. The van der Waals surface area contributed by atoms with Crippen molar-refractivity contribution in [2.45, 2.75) is 28.9 Å². The van der Waals surface area contributed by atoms with Gasteiger partial charge in [0.05, 0.1) is 10.4 Å². The molecule has 0 unspecified atom stereocenters. The van der Waals surface area contributed by atoms with Crippen molar-refractivity contribution in [3.8, 4) is 0 Å². The second kappa shape index (κ2) is 8.35. The number of hydrogen-bond donors (Lipinski definition) is 3. The lowest BCUT2D eigenvalue weighted by Crippen LogP contribution is -2.30. The van der Waals surface area contributed by atoms with E-state index in [-0.39, 0.29) is 22.3 Å². The van der Waals surface area contributed by atoms with E-state index in [1.54, 1.807) is 12.1 Å². The average molecular weight is 443 g/mol. The Morgan fingerprint density at radius 1 is 1.03 bits per heavy atom. The molecular weight excluding hydrogens is 420 g/mol. The van der Waals surface area contributed by atoms with Crippen LogP contribution in [0.25, 0.3) is 21.7 Å². The number of fused-ring (bicyclic) bond motifs is 2. The lowest BCUT2D eigenvalue weighted by Gasteiger charge is -2.11. The highest BCUT2D eigenvalue weighted by Crippen LogP contribution is 2.31. The van der Waals surface area contributed by atoms with Crippen LogP contribution in [0.15, 0.2) is 70.6 Å². The van der Waals surface area contributed by atoms with Gasteiger partial charge in [-0.15, -0.1) is 12.4 Å². The average Bonchev–Trinajstić information content (AvgIpc) is 3.41. The summed E-state index contributed by atoms with van der Waals surface area (Å²) in [6, 6.07) is 19.1. The minimum atomic E-state index is -3.77. The Bertz CT molecular complexity index is 1290. The second-order valence-corrected chi connectivity index (χ2v) is 9.29. The predicted octanol–water partition coefficient (Wildman–Crippen LogP) is 3.42. The standard InChI is InChI=1S/C22H22N4O2S.ClH/c27-29(28,21-7-3-5-16-4-1-2-6-18(16)21)22-19-12-15(8-9-20(19)25-26-22)13-24-17-10-11-23-14-17;/h1-9,12,17,23-24H,10-11,13-14H2,(H,25,26);1H/t17-;/m0./s1. The molecule has 6 nitrogen and oxygen atoms in total. The third-order valence-electron chi connectivity index (χ3n) is 5.54. The largest absolute Gasteiger partial charge is 0.315 e. The maximum Gasteiger partial charge on any atom is 0.226 e. The summed E-state index contributed by atoms with van der Waals surface area (Å²) >= 11 is 0. The summed E-state index contributed by atoms with van der Waals surface area (Å²) in [4.78, 5) is 0.282. The van der Waals surface area contributed by atoms with Crippen molar-refractivity contribution in [3.63, 3.8) is 0 Å². The molecule has 3 aromatic carbocycles. The molecule has 5 rings (SSSR count). The van der Waals surface area contributed by atoms with E-state index in [1.165, 1.54) is 0 Å². The molecule has 4 aromatic rings. The zero-order valence-electron chi connectivity index (χ0n) is 16.3. The summed E-state index contributed by atoms with van der Waals surface area (Å²) in [5, 5.41) is 16.2. The summed E-state index contributed by atoms with van der Waals surface area (Å²) in [6.45, 7) is 2.70. The molecule has 0 aliphatic carbocycles. The molecule has 1 saturated heterocycles. The Morgan fingerprint density at radius 2 is 1.87 bits per heavy atom. The first kappa shape index (κ1) is 20.8. The Kier molecular flexibility index (Phi) is 5.79. The molecule has 1 atom stereocenters. The Labute approximate surface area is 181 Å². The van der Waals surface area contributed by atoms with Gasteiger partial charge in [0.2, 0.25) is 9.84 Å². The molecule has 0 saturated carbocycles. The van der Waals surface area contributed by atoms with Crippen LogP contribution in [0.3, 0.4) is 0 Å². The fourth-order valence-corrected chi connectivity index (χ4v) is 5.54. The number of nitrogens with zero attached hydrogens (tertiary/aromatic N) is 1. The third-order valence-corrected chi connectivity index (χ3v) is 7.30. The topological polar surface area (TPSA) is 86.9 Å². The molecule has 156 valence electrons. The maximum absolute atomic E-state index is 13.5. The highest BCUT2D eigenvalue weighted by Gasteiger charge is 2.25. The van der Waals surface area contributed by atoms with Gasteiger partial charge >= 0.3 is 0 Å². The quantitative estimate of drug-likeness (QED) is 0.441. The lowest BCUT2D eigenvalue weighted by atomic mass is 10.1. The summed E-state index contributed by atoms with van der Waals surface area (Å²) in [5.41, 5.74) is 1.76. The fraction of sp³-hybridized carbons (Fsp3) is 0.227. The van der Waals surface area contributed by atoms with Crippen molar-refractivity contribution >= 4 is 43.9 Å². The van der Waals surface area contributed by atoms with Gasteiger partial charge in [0.15, 0.2) is 5.03 Å². The van der Waals surface area contributed by atoms with E-state index in [2.05, 4.69) is 20.8 Å². The fourth-order valence-electron chi connectivity index (χ4n) is 3.98.